The molecule has 24 heavy (non-hydrogen) atoms. The summed E-state index contributed by atoms with van der Waals surface area (Å²) in [6.07, 6.45) is 0. The van der Waals surface area contributed by atoms with Gasteiger partial charge >= 0.3 is 5.97 Å². The Bertz CT molecular complexity index is 767. The third-order valence-electron chi connectivity index (χ3n) is 3.39. The van der Waals surface area contributed by atoms with Crippen LogP contribution in [0.15, 0.2) is 18.2 Å². The topological polar surface area (TPSA) is 73.2 Å². The number of hydrogen-bond donors (Lipinski definition) is 1. The monoisotopic (exact) mass is 337 g/mol. The molecule has 1 N–H and O–H groups in total. The molecule has 0 saturated carbocycles. The number of esters is 1. The lowest BCUT2D eigenvalue weighted by atomic mass is 10.1. The first-order chi connectivity index (χ1) is 11.3. The van der Waals surface area contributed by atoms with Crippen LogP contribution in [0.1, 0.15) is 28.7 Å². The highest BCUT2D eigenvalue weighted by atomic mass is 19.1. The first kappa shape index (κ1) is 17.6. The molecule has 0 bridgehead atoms. The van der Waals surface area contributed by atoms with Crippen molar-refractivity contribution < 1.29 is 23.1 Å². The van der Waals surface area contributed by atoms with E-state index in [2.05, 4.69) is 10.4 Å². The van der Waals surface area contributed by atoms with Crippen molar-refractivity contribution >= 4 is 17.6 Å². The number of rotatable bonds is 5. The highest BCUT2D eigenvalue weighted by molar-refractivity contribution is 6.05. The number of carbonyl (C=O) groups is 2. The van der Waals surface area contributed by atoms with E-state index in [9.17, 15) is 18.4 Å². The van der Waals surface area contributed by atoms with Gasteiger partial charge in [-0.15, -0.1) is 0 Å². The average Bonchev–Trinajstić information content (AvgIpc) is 2.75. The van der Waals surface area contributed by atoms with Gasteiger partial charge in [-0.3, -0.25) is 14.3 Å². The largest absolute Gasteiger partial charge is 0.465 e. The van der Waals surface area contributed by atoms with Crippen LogP contribution in [0.5, 0.6) is 0 Å². The molecule has 0 aliphatic rings. The smallest absolute Gasteiger partial charge is 0.327 e. The van der Waals surface area contributed by atoms with E-state index >= 15 is 0 Å². The van der Waals surface area contributed by atoms with Crippen molar-refractivity contribution in [1.29, 1.82) is 0 Å². The summed E-state index contributed by atoms with van der Waals surface area (Å²) in [5, 5.41) is 6.59. The average molecular weight is 337 g/mol. The Morgan fingerprint density at radius 2 is 1.88 bits per heavy atom. The molecule has 2 aromatic rings. The third-order valence-corrected chi connectivity index (χ3v) is 3.39. The number of ether oxygens (including phenoxy) is 1. The second-order valence-electron chi connectivity index (χ2n) is 5.06. The van der Waals surface area contributed by atoms with Crippen LogP contribution < -0.4 is 5.32 Å². The second-order valence-corrected chi connectivity index (χ2v) is 5.06. The van der Waals surface area contributed by atoms with Gasteiger partial charge < -0.3 is 10.1 Å². The molecule has 0 atom stereocenters. The van der Waals surface area contributed by atoms with Gasteiger partial charge in [-0.25, -0.2) is 8.78 Å². The fourth-order valence-electron chi connectivity index (χ4n) is 2.25. The van der Waals surface area contributed by atoms with Crippen molar-refractivity contribution in [1.82, 2.24) is 9.78 Å². The predicted molar refractivity (Wildman–Crippen MR) is 82.6 cm³/mol. The number of carbonyl (C=O) groups excluding carboxylic acids is 2. The number of aryl methyl sites for hydroxylation is 1. The molecular formula is C16H17F2N3O3. The van der Waals surface area contributed by atoms with Gasteiger partial charge in [0.05, 0.1) is 23.7 Å². The van der Waals surface area contributed by atoms with Crippen LogP contribution in [0.3, 0.4) is 0 Å². The van der Waals surface area contributed by atoms with Crippen molar-refractivity contribution in [2.75, 3.05) is 11.9 Å². The number of benzene rings is 1. The molecule has 0 fully saturated rings. The molecule has 0 aliphatic heterocycles. The SMILES string of the molecule is CCOC(=O)Cn1nc(C)c(NC(=O)c2c(F)cccc2F)c1C. The van der Waals surface area contributed by atoms with Gasteiger partial charge in [0.15, 0.2) is 0 Å². The Morgan fingerprint density at radius 1 is 1.25 bits per heavy atom. The highest BCUT2D eigenvalue weighted by Gasteiger charge is 2.21. The van der Waals surface area contributed by atoms with Crippen LogP contribution in [-0.2, 0) is 16.1 Å². The summed E-state index contributed by atoms with van der Waals surface area (Å²) in [6.45, 7) is 5.06. The minimum atomic E-state index is -0.957. The predicted octanol–water partition coefficient (Wildman–Crippen LogP) is 2.59. The van der Waals surface area contributed by atoms with E-state index < -0.39 is 29.1 Å². The summed E-state index contributed by atoms with van der Waals surface area (Å²) in [4.78, 5) is 23.7. The number of nitrogens with zero attached hydrogens (tertiary/aromatic N) is 2. The second kappa shape index (κ2) is 7.20. The third kappa shape index (κ3) is 3.58. The van der Waals surface area contributed by atoms with Gasteiger partial charge in [-0.2, -0.15) is 5.10 Å². The lowest BCUT2D eigenvalue weighted by molar-refractivity contribution is -0.144. The zero-order valence-corrected chi connectivity index (χ0v) is 13.5. The summed E-state index contributed by atoms with van der Waals surface area (Å²) in [7, 11) is 0. The van der Waals surface area contributed by atoms with Gasteiger partial charge in [-0.1, -0.05) is 6.07 Å². The number of nitrogens with one attached hydrogen (secondary N) is 1. The molecule has 0 saturated heterocycles. The minimum Gasteiger partial charge on any atom is -0.465 e. The quantitative estimate of drug-likeness (QED) is 0.851. The van der Waals surface area contributed by atoms with E-state index in [1.54, 1.807) is 20.8 Å². The minimum absolute atomic E-state index is 0.121. The number of halogens is 2. The van der Waals surface area contributed by atoms with Crippen LogP contribution in [0.25, 0.3) is 0 Å². The summed E-state index contributed by atoms with van der Waals surface area (Å²) in [5.41, 5.74) is 0.522. The fourth-order valence-corrected chi connectivity index (χ4v) is 2.25. The van der Waals surface area contributed by atoms with E-state index in [-0.39, 0.29) is 13.2 Å². The zero-order valence-electron chi connectivity index (χ0n) is 13.5. The van der Waals surface area contributed by atoms with Gasteiger partial charge in [0.2, 0.25) is 0 Å². The maximum Gasteiger partial charge on any atom is 0.327 e. The van der Waals surface area contributed by atoms with Gasteiger partial charge in [-0.05, 0) is 32.9 Å². The Balaban J connectivity index is 2.26. The van der Waals surface area contributed by atoms with Gasteiger partial charge in [0.1, 0.15) is 23.7 Å². The normalized spacial score (nSPS) is 10.5. The summed E-state index contributed by atoms with van der Waals surface area (Å²) < 4.78 is 33.6. The fraction of sp³-hybridized carbons (Fsp3) is 0.312. The molecule has 0 spiro atoms. The molecule has 0 unspecified atom stereocenters. The summed E-state index contributed by atoms with van der Waals surface area (Å²) in [6, 6.07) is 3.18. The Hall–Kier alpha value is -2.77. The van der Waals surface area contributed by atoms with Crippen LogP contribution in [0.4, 0.5) is 14.5 Å². The Kier molecular flexibility index (Phi) is 5.28. The van der Waals surface area contributed by atoms with Crippen molar-refractivity contribution in [3.63, 3.8) is 0 Å². The lowest BCUT2D eigenvalue weighted by Crippen LogP contribution is -2.18. The van der Waals surface area contributed by atoms with Crippen molar-refractivity contribution in [3.8, 4) is 0 Å². The summed E-state index contributed by atoms with van der Waals surface area (Å²) >= 11 is 0. The molecule has 1 heterocycles. The Morgan fingerprint density at radius 3 is 2.46 bits per heavy atom. The molecule has 0 radical (unpaired) electrons. The van der Waals surface area contributed by atoms with E-state index in [0.29, 0.717) is 17.1 Å². The van der Waals surface area contributed by atoms with Crippen molar-refractivity contribution in [2.24, 2.45) is 0 Å². The number of anilines is 1. The van der Waals surface area contributed by atoms with Crippen LogP contribution >= 0.6 is 0 Å². The van der Waals surface area contributed by atoms with Crippen LogP contribution in [0.2, 0.25) is 0 Å². The lowest BCUT2D eigenvalue weighted by Gasteiger charge is -2.08. The molecule has 1 aromatic heterocycles. The van der Waals surface area contributed by atoms with Crippen molar-refractivity contribution in [3.05, 3.63) is 46.8 Å². The van der Waals surface area contributed by atoms with Crippen LogP contribution in [-0.4, -0.2) is 28.3 Å². The molecule has 8 heteroatoms. The maximum absolute atomic E-state index is 13.7. The molecule has 0 aliphatic carbocycles. The molecule has 1 amide bonds. The maximum atomic E-state index is 13.7. The van der Waals surface area contributed by atoms with E-state index in [1.165, 1.54) is 10.7 Å². The molecule has 128 valence electrons. The first-order valence-electron chi connectivity index (χ1n) is 7.30. The van der Waals surface area contributed by atoms with E-state index in [0.717, 1.165) is 12.1 Å². The summed E-state index contributed by atoms with van der Waals surface area (Å²) in [5.74, 6) is -3.31. The highest BCUT2D eigenvalue weighted by Crippen LogP contribution is 2.22. The molecule has 6 nitrogen and oxygen atoms in total. The van der Waals surface area contributed by atoms with Crippen LogP contribution in [0, 0.1) is 25.5 Å². The zero-order chi connectivity index (χ0) is 17.9. The van der Waals surface area contributed by atoms with E-state index in [4.69, 9.17) is 4.74 Å². The van der Waals surface area contributed by atoms with Gasteiger partial charge in [0.25, 0.3) is 5.91 Å². The number of amides is 1. The standard InChI is InChI=1S/C16H17F2N3O3/c1-4-24-13(22)8-21-10(3)15(9(2)20-21)19-16(23)14-11(17)6-5-7-12(14)18/h5-7H,4,8H2,1-3H3,(H,19,23). The number of aromatic nitrogens is 2. The van der Waals surface area contributed by atoms with Crippen molar-refractivity contribution in [2.45, 2.75) is 27.3 Å². The Labute approximate surface area is 137 Å². The van der Waals surface area contributed by atoms with E-state index in [1.807, 2.05) is 0 Å². The molecule has 1 aromatic carbocycles. The first-order valence-corrected chi connectivity index (χ1v) is 7.30. The van der Waals surface area contributed by atoms with Gasteiger partial charge in [0, 0.05) is 0 Å². The molecular weight excluding hydrogens is 320 g/mol. The molecule has 2 rings (SSSR count). The number of hydrogen-bond acceptors (Lipinski definition) is 4.